The molecule has 4 heteroatoms. The van der Waals surface area contributed by atoms with Crippen LogP contribution >= 0.6 is 12.6 Å². The maximum atomic E-state index is 11.8. The van der Waals surface area contributed by atoms with Crippen molar-refractivity contribution < 1.29 is 24.3 Å². The maximum Gasteiger partial charge on any atom is 0.255 e. The van der Waals surface area contributed by atoms with Gasteiger partial charge in [0.15, 0.2) is 0 Å². The summed E-state index contributed by atoms with van der Waals surface area (Å²) in [5.41, 5.74) is 1.36. The number of hydrogen-bond acceptors (Lipinski definition) is 2. The van der Waals surface area contributed by atoms with Crippen LogP contribution in [0.2, 0.25) is 0 Å². The van der Waals surface area contributed by atoms with Crippen molar-refractivity contribution in [3.8, 4) is 0 Å². The number of carbonyl (C=O) groups is 1. The average Bonchev–Trinajstić information content (AvgIpc) is 2.33. The largest absolute Gasteiger partial charge is 0.321 e. The summed E-state index contributed by atoms with van der Waals surface area (Å²) >= 11 is 4.27. The first-order chi connectivity index (χ1) is 7.77. The van der Waals surface area contributed by atoms with E-state index in [1.165, 1.54) is 0 Å². The molecule has 2 nitrogen and oxygen atoms in total. The molecule has 0 bridgehead atoms. The third-order valence-corrected chi connectivity index (χ3v) is 2.58. The Kier molecular flexibility index (Phi) is 5.40. The molecule has 0 aromatic heterocycles. The van der Waals surface area contributed by atoms with Crippen LogP contribution in [0.3, 0.4) is 0 Å². The first kappa shape index (κ1) is 13.9. The molecule has 2 rings (SSSR count). The van der Waals surface area contributed by atoms with Crippen molar-refractivity contribution in [1.82, 2.24) is 0 Å². The number of rotatable bonds is 2. The molecule has 82 valence electrons. The van der Waals surface area contributed by atoms with E-state index in [1.54, 1.807) is 12.1 Å². The first-order valence-electron chi connectivity index (χ1n) is 4.92. The predicted octanol–water partition coefficient (Wildman–Crippen LogP) is 3.23. The Morgan fingerprint density at radius 2 is 1.53 bits per heavy atom. The zero-order chi connectivity index (χ0) is 11.4. The summed E-state index contributed by atoms with van der Waals surface area (Å²) in [6.45, 7) is 0. The molecule has 0 saturated heterocycles. The van der Waals surface area contributed by atoms with E-state index >= 15 is 0 Å². The number of para-hydroxylation sites is 1. The topological polar surface area (TPSA) is 29.1 Å². The standard InChI is InChI=1S/C13H11NOS.Zn/c15-13(10-6-2-1-3-7-10)14-11-8-4-5-9-12(11)16;/h1-9,16H,(H,14,15);. The molecule has 0 fully saturated rings. The molecular formula is C13H11NOSZn. The molecule has 17 heavy (non-hydrogen) atoms. The van der Waals surface area contributed by atoms with E-state index in [0.29, 0.717) is 5.56 Å². The van der Waals surface area contributed by atoms with Crippen molar-refractivity contribution in [2.75, 3.05) is 5.32 Å². The van der Waals surface area contributed by atoms with Crippen molar-refractivity contribution in [3.63, 3.8) is 0 Å². The van der Waals surface area contributed by atoms with Gasteiger partial charge in [0, 0.05) is 29.9 Å². The number of amides is 1. The molecule has 0 radical (unpaired) electrons. The van der Waals surface area contributed by atoms with Crippen LogP contribution in [-0.4, -0.2) is 5.91 Å². The number of hydrogen-bond donors (Lipinski definition) is 2. The van der Waals surface area contributed by atoms with Gasteiger partial charge in [-0.15, -0.1) is 12.6 Å². The van der Waals surface area contributed by atoms with E-state index in [9.17, 15) is 4.79 Å². The molecule has 0 aliphatic carbocycles. The van der Waals surface area contributed by atoms with Gasteiger partial charge in [0.1, 0.15) is 0 Å². The summed E-state index contributed by atoms with van der Waals surface area (Å²) < 4.78 is 0. The van der Waals surface area contributed by atoms with E-state index in [-0.39, 0.29) is 25.4 Å². The molecular weight excluding hydrogens is 284 g/mol. The number of nitrogens with one attached hydrogen (secondary N) is 1. The molecule has 0 unspecified atom stereocenters. The molecule has 1 amide bonds. The predicted molar refractivity (Wildman–Crippen MR) is 68.1 cm³/mol. The second kappa shape index (κ2) is 6.58. The fourth-order valence-electron chi connectivity index (χ4n) is 1.36. The molecule has 0 atom stereocenters. The van der Waals surface area contributed by atoms with Gasteiger partial charge in [-0.05, 0) is 24.3 Å². The smallest absolute Gasteiger partial charge is 0.255 e. The van der Waals surface area contributed by atoms with Gasteiger partial charge in [-0.25, -0.2) is 0 Å². The molecule has 2 aromatic carbocycles. The second-order valence-electron chi connectivity index (χ2n) is 3.34. The van der Waals surface area contributed by atoms with Crippen molar-refractivity contribution in [1.29, 1.82) is 0 Å². The van der Waals surface area contributed by atoms with Crippen molar-refractivity contribution >= 4 is 24.2 Å². The molecule has 0 aliphatic rings. The van der Waals surface area contributed by atoms with Crippen molar-refractivity contribution in [3.05, 3.63) is 60.2 Å². The normalized spacial score (nSPS) is 9.24. The van der Waals surface area contributed by atoms with Crippen LogP contribution in [0.15, 0.2) is 59.5 Å². The number of anilines is 1. The minimum Gasteiger partial charge on any atom is -0.321 e. The monoisotopic (exact) mass is 293 g/mol. The summed E-state index contributed by atoms with van der Waals surface area (Å²) in [5, 5.41) is 2.81. The van der Waals surface area contributed by atoms with E-state index in [1.807, 2.05) is 42.5 Å². The van der Waals surface area contributed by atoms with Crippen LogP contribution in [0.5, 0.6) is 0 Å². The van der Waals surface area contributed by atoms with Crippen LogP contribution in [-0.2, 0) is 19.5 Å². The van der Waals surface area contributed by atoms with Gasteiger partial charge in [-0.1, -0.05) is 30.3 Å². The summed E-state index contributed by atoms with van der Waals surface area (Å²) in [7, 11) is 0. The Hall–Kier alpha value is -1.12. The minimum atomic E-state index is -0.123. The zero-order valence-corrected chi connectivity index (χ0v) is 13.1. The summed E-state index contributed by atoms with van der Waals surface area (Å²) in [6.07, 6.45) is 0. The Bertz CT molecular complexity index is 502. The molecule has 1 N–H and O–H groups in total. The van der Waals surface area contributed by atoms with Gasteiger partial charge in [-0.2, -0.15) is 0 Å². The third-order valence-electron chi connectivity index (χ3n) is 2.19. The number of thiol groups is 1. The maximum absolute atomic E-state index is 11.8. The minimum absolute atomic E-state index is 0. The molecule has 2 aromatic rings. The molecule has 0 saturated carbocycles. The van der Waals surface area contributed by atoms with Crippen molar-refractivity contribution in [2.24, 2.45) is 0 Å². The second-order valence-corrected chi connectivity index (χ2v) is 3.82. The number of benzene rings is 2. The Labute approximate surface area is 119 Å². The molecule has 0 heterocycles. The summed E-state index contributed by atoms with van der Waals surface area (Å²) in [5.74, 6) is -0.123. The fraction of sp³-hybridized carbons (Fsp3) is 0. The Balaban J connectivity index is 0.00000144. The SMILES string of the molecule is O=C(Nc1ccccc1S)c1ccccc1.[Zn]. The Morgan fingerprint density at radius 1 is 0.941 bits per heavy atom. The van der Waals surface area contributed by atoms with Crippen LogP contribution in [0, 0.1) is 0 Å². The molecule has 0 spiro atoms. The average molecular weight is 295 g/mol. The van der Waals surface area contributed by atoms with Gasteiger partial charge in [0.2, 0.25) is 0 Å². The zero-order valence-electron chi connectivity index (χ0n) is 9.26. The van der Waals surface area contributed by atoms with Gasteiger partial charge in [0.25, 0.3) is 5.91 Å². The fourth-order valence-corrected chi connectivity index (χ4v) is 1.58. The van der Waals surface area contributed by atoms with Gasteiger partial charge in [-0.3, -0.25) is 4.79 Å². The van der Waals surface area contributed by atoms with E-state index in [0.717, 1.165) is 10.6 Å². The quantitative estimate of drug-likeness (QED) is 0.646. The molecule has 0 aliphatic heterocycles. The van der Waals surface area contributed by atoms with Gasteiger partial charge in [0.05, 0.1) is 5.69 Å². The van der Waals surface area contributed by atoms with Crippen LogP contribution in [0.4, 0.5) is 5.69 Å². The van der Waals surface area contributed by atoms with Crippen LogP contribution in [0.1, 0.15) is 10.4 Å². The number of carbonyl (C=O) groups excluding carboxylic acids is 1. The first-order valence-corrected chi connectivity index (χ1v) is 5.36. The third kappa shape index (κ3) is 3.69. The van der Waals surface area contributed by atoms with E-state index in [4.69, 9.17) is 0 Å². The van der Waals surface area contributed by atoms with Crippen LogP contribution in [0.25, 0.3) is 0 Å². The van der Waals surface area contributed by atoms with Crippen molar-refractivity contribution in [2.45, 2.75) is 4.90 Å². The van der Waals surface area contributed by atoms with E-state index in [2.05, 4.69) is 17.9 Å². The Morgan fingerprint density at radius 3 is 2.18 bits per heavy atom. The van der Waals surface area contributed by atoms with E-state index < -0.39 is 0 Å². The summed E-state index contributed by atoms with van der Waals surface area (Å²) in [6, 6.07) is 16.5. The summed E-state index contributed by atoms with van der Waals surface area (Å²) in [4.78, 5) is 12.6. The van der Waals surface area contributed by atoms with Gasteiger partial charge >= 0.3 is 0 Å². The van der Waals surface area contributed by atoms with Gasteiger partial charge < -0.3 is 5.32 Å². The van der Waals surface area contributed by atoms with Crippen LogP contribution < -0.4 is 5.32 Å².